The van der Waals surface area contributed by atoms with Gasteiger partial charge in [-0.05, 0) is 61.4 Å². The molecule has 1 fully saturated rings. The van der Waals surface area contributed by atoms with Crippen LogP contribution in [0.5, 0.6) is 0 Å². The first-order valence-electron chi connectivity index (χ1n) is 10.3. The number of anilines is 1. The molecule has 0 amide bonds. The third kappa shape index (κ3) is 5.72. The van der Waals surface area contributed by atoms with Crippen molar-refractivity contribution in [3.63, 3.8) is 0 Å². The lowest BCUT2D eigenvalue weighted by Gasteiger charge is -2.32. The van der Waals surface area contributed by atoms with Crippen LogP contribution in [-0.4, -0.2) is 43.0 Å². The van der Waals surface area contributed by atoms with Crippen molar-refractivity contribution in [1.82, 2.24) is 14.8 Å². The average Bonchev–Trinajstić information content (AvgIpc) is 3.04. The van der Waals surface area contributed by atoms with Crippen LogP contribution in [0.1, 0.15) is 29.0 Å². The predicted molar refractivity (Wildman–Crippen MR) is 128 cm³/mol. The Bertz CT molecular complexity index is 906. The largest absolute Gasteiger partial charge is 0.397 e. The van der Waals surface area contributed by atoms with Gasteiger partial charge in [0.15, 0.2) is 7.85 Å². The third-order valence-corrected chi connectivity index (χ3v) is 6.81. The van der Waals surface area contributed by atoms with Gasteiger partial charge in [0, 0.05) is 36.6 Å². The van der Waals surface area contributed by atoms with Crippen molar-refractivity contribution in [3.8, 4) is 0 Å². The van der Waals surface area contributed by atoms with E-state index in [0.29, 0.717) is 18.3 Å². The van der Waals surface area contributed by atoms with Gasteiger partial charge in [-0.3, -0.25) is 4.79 Å². The summed E-state index contributed by atoms with van der Waals surface area (Å²) < 4.78 is 3.18. The van der Waals surface area contributed by atoms with Crippen LogP contribution in [-0.2, 0) is 13.1 Å². The summed E-state index contributed by atoms with van der Waals surface area (Å²) in [7, 11) is 2.19. The van der Waals surface area contributed by atoms with Crippen LogP contribution < -0.4 is 21.4 Å². The van der Waals surface area contributed by atoms with E-state index in [1.54, 1.807) is 22.8 Å². The van der Waals surface area contributed by atoms with Gasteiger partial charge < -0.3 is 20.5 Å². The second kappa shape index (κ2) is 10.1. The number of rotatable bonds is 8. The van der Waals surface area contributed by atoms with Gasteiger partial charge in [-0.1, -0.05) is 18.7 Å². The Balaban J connectivity index is 1.50. The maximum absolute atomic E-state index is 12.3. The Morgan fingerprint density at radius 2 is 2.10 bits per heavy atom. The van der Waals surface area contributed by atoms with Gasteiger partial charge in [0.05, 0.1) is 11.4 Å². The van der Waals surface area contributed by atoms with Gasteiger partial charge in [0.2, 0.25) is 0 Å². The van der Waals surface area contributed by atoms with Crippen molar-refractivity contribution in [1.29, 1.82) is 0 Å². The van der Waals surface area contributed by atoms with Crippen molar-refractivity contribution in [3.05, 3.63) is 63.4 Å². The number of nitrogens with zero attached hydrogens (tertiary/aromatic N) is 2. The summed E-state index contributed by atoms with van der Waals surface area (Å²) in [6.07, 6.45) is 7.64. The number of aromatic nitrogens is 1. The molecular weight excluding hydrogens is 379 g/mol. The number of nitrogen functional groups attached to an aromatic ring is 1. The van der Waals surface area contributed by atoms with Crippen molar-refractivity contribution < 1.29 is 0 Å². The fraction of sp³-hybridized carbons (Fsp3) is 0.409. The Kier molecular flexibility index (Phi) is 7.53. The number of pyridine rings is 1. The van der Waals surface area contributed by atoms with E-state index in [-0.39, 0.29) is 5.56 Å². The minimum atomic E-state index is -0.0130. The molecule has 0 aromatic carbocycles. The summed E-state index contributed by atoms with van der Waals surface area (Å²) in [5.41, 5.74) is 8.84. The van der Waals surface area contributed by atoms with Crippen LogP contribution in [0, 0.1) is 6.92 Å². The first kappa shape index (κ1) is 21.6. The monoisotopic (exact) mass is 410 g/mol. The van der Waals surface area contributed by atoms with E-state index in [1.807, 2.05) is 23.5 Å². The summed E-state index contributed by atoms with van der Waals surface area (Å²) in [6, 6.07) is 6.08. The van der Waals surface area contributed by atoms with E-state index in [1.165, 1.54) is 15.2 Å². The molecule has 154 valence electrons. The molecule has 2 aromatic heterocycles. The van der Waals surface area contributed by atoms with E-state index in [0.717, 1.165) is 44.7 Å². The van der Waals surface area contributed by atoms with Crippen molar-refractivity contribution in [2.24, 2.45) is 0 Å². The summed E-state index contributed by atoms with van der Waals surface area (Å²) in [4.78, 5) is 16.2. The number of thiophene rings is 1. The zero-order chi connectivity index (χ0) is 20.8. The minimum Gasteiger partial charge on any atom is -0.397 e. The first-order valence-corrected chi connectivity index (χ1v) is 11.1. The number of hydrogen-bond donors (Lipinski definition) is 2. The highest BCUT2D eigenvalue weighted by Crippen LogP contribution is 2.15. The summed E-state index contributed by atoms with van der Waals surface area (Å²) in [5.74, 6) is 0. The molecule has 5 nitrogen and oxygen atoms in total. The summed E-state index contributed by atoms with van der Waals surface area (Å²) >= 11 is 1.89. The van der Waals surface area contributed by atoms with Gasteiger partial charge in [0.1, 0.15) is 0 Å². The minimum absolute atomic E-state index is 0.0130. The fourth-order valence-electron chi connectivity index (χ4n) is 3.77. The molecule has 2 aromatic rings. The number of nitrogens with one attached hydrogen (secondary N) is 1. The number of likely N-dealkylation sites (tertiary alicyclic amines) is 1. The molecule has 29 heavy (non-hydrogen) atoms. The average molecular weight is 410 g/mol. The van der Waals surface area contributed by atoms with E-state index >= 15 is 0 Å². The van der Waals surface area contributed by atoms with Crippen molar-refractivity contribution >= 4 is 35.7 Å². The molecular formula is C22H31BN4OS. The highest BCUT2D eigenvalue weighted by atomic mass is 32.1. The number of nitrogens with two attached hydrogens (primary N) is 1. The quantitative estimate of drug-likeness (QED) is 0.512. The van der Waals surface area contributed by atoms with Crippen molar-refractivity contribution in [2.45, 2.75) is 38.9 Å². The van der Waals surface area contributed by atoms with Gasteiger partial charge >= 0.3 is 0 Å². The summed E-state index contributed by atoms with van der Waals surface area (Å²) in [5, 5.41) is 3.72. The Hall–Kier alpha value is -2.09. The zero-order valence-electron chi connectivity index (χ0n) is 17.5. The van der Waals surface area contributed by atoms with Crippen LogP contribution in [0.25, 0.3) is 6.08 Å². The van der Waals surface area contributed by atoms with Gasteiger partial charge in [0.25, 0.3) is 5.56 Å². The highest BCUT2D eigenvalue weighted by molar-refractivity contribution is 7.20. The second-order valence-electron chi connectivity index (χ2n) is 7.71. The lowest BCUT2D eigenvalue weighted by Crippen LogP contribution is -2.43. The Morgan fingerprint density at radius 3 is 2.76 bits per heavy atom. The third-order valence-electron chi connectivity index (χ3n) is 5.66. The maximum Gasteiger partial charge on any atom is 0.251 e. The van der Waals surface area contributed by atoms with Crippen LogP contribution in [0.3, 0.4) is 0 Å². The number of allylic oxidation sites excluding steroid dienone is 2. The van der Waals surface area contributed by atoms with E-state index in [4.69, 9.17) is 5.73 Å². The Morgan fingerprint density at radius 1 is 1.34 bits per heavy atom. The SMILES string of the molecule is Bc1sc(CNC2CCN(CCn3c(/C=C\C=C)c(N)ccc3=O)CC2)cc1C. The van der Waals surface area contributed by atoms with E-state index in [9.17, 15) is 4.79 Å². The van der Waals surface area contributed by atoms with Crippen LogP contribution >= 0.6 is 11.3 Å². The van der Waals surface area contributed by atoms with Gasteiger partial charge in [-0.25, -0.2) is 0 Å². The molecule has 3 N–H and O–H groups in total. The first-order chi connectivity index (χ1) is 14.0. The number of piperidine rings is 1. The number of hydrogen-bond acceptors (Lipinski definition) is 5. The molecule has 0 spiro atoms. The molecule has 3 heterocycles. The molecule has 0 atom stereocenters. The molecule has 0 aliphatic carbocycles. The van der Waals surface area contributed by atoms with Crippen LogP contribution in [0.2, 0.25) is 0 Å². The molecule has 0 bridgehead atoms. The summed E-state index contributed by atoms with van der Waals surface area (Å²) in [6.45, 7) is 10.4. The molecule has 3 rings (SSSR count). The lowest BCUT2D eigenvalue weighted by atomic mass is 10.0. The highest BCUT2D eigenvalue weighted by Gasteiger charge is 2.19. The molecule has 0 saturated carbocycles. The predicted octanol–water partition coefficient (Wildman–Crippen LogP) is 1.51. The second-order valence-corrected chi connectivity index (χ2v) is 9.05. The molecule has 1 aliphatic rings. The number of aryl methyl sites for hydroxylation is 1. The van der Waals surface area contributed by atoms with Crippen molar-refractivity contribution in [2.75, 3.05) is 25.4 Å². The van der Waals surface area contributed by atoms with Crippen LogP contribution in [0.15, 0.2) is 41.7 Å². The molecule has 7 heteroatoms. The zero-order valence-corrected chi connectivity index (χ0v) is 18.3. The molecule has 1 saturated heterocycles. The standard InChI is InChI=1S/C22H31BN4OS/c1-3-4-5-20-19(24)6-7-21(28)27(20)13-12-26-10-8-17(9-11-26)25-15-18-14-16(2)22(23)29-18/h3-7,14,17,25H,1,8-13,15,23-24H2,2H3/b5-4-. The van der Waals surface area contributed by atoms with E-state index < -0.39 is 0 Å². The topological polar surface area (TPSA) is 63.3 Å². The van der Waals surface area contributed by atoms with Gasteiger partial charge in [-0.15, -0.1) is 0 Å². The lowest BCUT2D eigenvalue weighted by molar-refractivity contribution is 0.190. The van der Waals surface area contributed by atoms with E-state index in [2.05, 4.69) is 37.6 Å². The Labute approximate surface area is 178 Å². The van der Waals surface area contributed by atoms with Gasteiger partial charge in [-0.2, -0.15) is 11.3 Å². The normalized spacial score (nSPS) is 15.9. The fourth-order valence-corrected chi connectivity index (χ4v) is 4.78. The molecule has 0 radical (unpaired) electrons. The molecule has 0 unspecified atom stereocenters. The smallest absolute Gasteiger partial charge is 0.251 e. The van der Waals surface area contributed by atoms with Crippen LogP contribution in [0.4, 0.5) is 5.69 Å². The molecule has 1 aliphatic heterocycles. The maximum atomic E-state index is 12.3.